The van der Waals surface area contributed by atoms with E-state index in [-0.39, 0.29) is 11.2 Å². The molecule has 4 heteroatoms. The molecule has 2 aromatic rings. The highest BCUT2D eigenvalue weighted by atomic mass is 35.5. The number of nitrogens with one attached hydrogen (secondary N) is 1. The summed E-state index contributed by atoms with van der Waals surface area (Å²) in [5.74, 6) is 0.694. The van der Waals surface area contributed by atoms with Crippen LogP contribution in [-0.4, -0.2) is 16.5 Å². The maximum Gasteiger partial charge on any atom is 0.243 e. The molecular formula is C17H18ClNOS. The number of hydrogen-bond donors (Lipinski definition) is 1. The highest BCUT2D eigenvalue weighted by Crippen LogP contribution is 2.24. The van der Waals surface area contributed by atoms with Crippen LogP contribution >= 0.6 is 23.4 Å². The standard InChI is InChI=1S/C17H18ClNOS/c1-13(21-12-14-8-4-2-5-9-14)16(18)17(20)19-15-10-6-3-7-11-15/h2-11,13,16H,12H2,1H3,(H,19,20). The molecule has 0 aliphatic heterocycles. The lowest BCUT2D eigenvalue weighted by molar-refractivity contribution is -0.115. The van der Waals surface area contributed by atoms with Crippen LogP contribution < -0.4 is 5.32 Å². The van der Waals surface area contributed by atoms with Gasteiger partial charge in [-0.25, -0.2) is 0 Å². The van der Waals surface area contributed by atoms with Crippen LogP contribution in [-0.2, 0) is 10.5 Å². The number of benzene rings is 2. The van der Waals surface area contributed by atoms with Crippen molar-refractivity contribution in [3.63, 3.8) is 0 Å². The van der Waals surface area contributed by atoms with Crippen molar-refractivity contribution in [1.29, 1.82) is 0 Å². The molecule has 2 unspecified atom stereocenters. The molecule has 0 aromatic heterocycles. The van der Waals surface area contributed by atoms with E-state index in [0.29, 0.717) is 0 Å². The zero-order valence-electron chi connectivity index (χ0n) is 11.8. The smallest absolute Gasteiger partial charge is 0.243 e. The fourth-order valence-electron chi connectivity index (χ4n) is 1.83. The second-order valence-corrected chi connectivity index (χ2v) is 6.59. The SMILES string of the molecule is CC(SCc1ccccc1)C(Cl)C(=O)Nc1ccccc1. The molecule has 2 nitrogen and oxygen atoms in total. The number of halogens is 1. The first-order valence-corrected chi connectivity index (χ1v) is 8.31. The number of carbonyl (C=O) groups is 1. The molecule has 1 amide bonds. The van der Waals surface area contributed by atoms with Crippen LogP contribution in [0, 0.1) is 0 Å². The van der Waals surface area contributed by atoms with Crippen LogP contribution in [0.2, 0.25) is 0 Å². The van der Waals surface area contributed by atoms with Crippen molar-refractivity contribution in [2.24, 2.45) is 0 Å². The van der Waals surface area contributed by atoms with Crippen LogP contribution in [0.25, 0.3) is 0 Å². The summed E-state index contributed by atoms with van der Waals surface area (Å²) in [6.45, 7) is 1.98. The number of hydrogen-bond acceptors (Lipinski definition) is 2. The molecule has 0 spiro atoms. The Morgan fingerprint density at radius 1 is 1.10 bits per heavy atom. The lowest BCUT2D eigenvalue weighted by Crippen LogP contribution is -2.30. The molecule has 0 aliphatic rings. The van der Waals surface area contributed by atoms with E-state index in [1.807, 2.05) is 55.5 Å². The van der Waals surface area contributed by atoms with Crippen molar-refractivity contribution >= 4 is 35.0 Å². The van der Waals surface area contributed by atoms with E-state index in [2.05, 4.69) is 17.4 Å². The topological polar surface area (TPSA) is 29.1 Å². The Morgan fingerprint density at radius 2 is 1.67 bits per heavy atom. The quantitative estimate of drug-likeness (QED) is 0.791. The Balaban J connectivity index is 1.84. The molecule has 0 radical (unpaired) electrons. The van der Waals surface area contributed by atoms with Crippen molar-refractivity contribution < 1.29 is 4.79 Å². The monoisotopic (exact) mass is 319 g/mol. The molecule has 0 aliphatic carbocycles. The average Bonchev–Trinajstić information content (AvgIpc) is 2.53. The first-order chi connectivity index (χ1) is 10.2. The number of thioether (sulfide) groups is 1. The average molecular weight is 320 g/mol. The van der Waals surface area contributed by atoms with E-state index in [9.17, 15) is 4.79 Å². The van der Waals surface area contributed by atoms with Gasteiger partial charge in [-0.3, -0.25) is 4.79 Å². The molecule has 0 saturated carbocycles. The lowest BCUT2D eigenvalue weighted by Gasteiger charge is -2.17. The van der Waals surface area contributed by atoms with Crippen LogP contribution in [0.5, 0.6) is 0 Å². The Morgan fingerprint density at radius 3 is 2.29 bits per heavy atom. The third-order valence-corrected chi connectivity index (χ3v) is 5.08. The zero-order valence-corrected chi connectivity index (χ0v) is 13.4. The molecule has 0 fully saturated rings. The van der Waals surface area contributed by atoms with E-state index in [1.165, 1.54) is 5.56 Å². The summed E-state index contributed by atoms with van der Waals surface area (Å²) in [5, 5.41) is 2.32. The second kappa shape index (κ2) is 8.11. The molecule has 2 atom stereocenters. The number of rotatable bonds is 6. The van der Waals surface area contributed by atoms with Gasteiger partial charge in [-0.1, -0.05) is 55.5 Å². The Bertz CT molecular complexity index is 562. The summed E-state index contributed by atoms with van der Waals surface area (Å²) in [7, 11) is 0. The van der Waals surface area contributed by atoms with Crippen LogP contribution in [0.3, 0.4) is 0 Å². The van der Waals surface area contributed by atoms with Gasteiger partial charge in [-0.2, -0.15) is 11.8 Å². The van der Waals surface area contributed by atoms with Crippen LogP contribution in [0.1, 0.15) is 12.5 Å². The summed E-state index contributed by atoms with van der Waals surface area (Å²) < 4.78 is 0. The first-order valence-electron chi connectivity index (χ1n) is 6.82. The number of para-hydroxylation sites is 1. The molecule has 0 bridgehead atoms. The van der Waals surface area contributed by atoms with Gasteiger partial charge < -0.3 is 5.32 Å². The van der Waals surface area contributed by atoms with E-state index in [1.54, 1.807) is 11.8 Å². The molecule has 1 N–H and O–H groups in total. The minimum absolute atomic E-state index is 0.0376. The molecular weight excluding hydrogens is 302 g/mol. The fourth-order valence-corrected chi connectivity index (χ4v) is 3.05. The molecule has 110 valence electrons. The van der Waals surface area contributed by atoms with Gasteiger partial charge in [0.05, 0.1) is 0 Å². The predicted octanol–water partition coefficient (Wildman–Crippen LogP) is 4.55. The van der Waals surface area contributed by atoms with Crippen molar-refractivity contribution in [3.05, 3.63) is 66.2 Å². The van der Waals surface area contributed by atoms with Gasteiger partial charge >= 0.3 is 0 Å². The highest BCUT2D eigenvalue weighted by molar-refractivity contribution is 7.99. The molecule has 0 heterocycles. The Hall–Kier alpha value is -1.45. The summed E-state index contributed by atoms with van der Waals surface area (Å²) in [5.41, 5.74) is 2.01. The van der Waals surface area contributed by atoms with E-state index >= 15 is 0 Å². The summed E-state index contributed by atoms with van der Waals surface area (Å²) >= 11 is 7.95. The van der Waals surface area contributed by atoms with Crippen molar-refractivity contribution in [2.45, 2.75) is 23.3 Å². The summed E-state index contributed by atoms with van der Waals surface area (Å²) in [4.78, 5) is 12.1. The largest absolute Gasteiger partial charge is 0.325 e. The highest BCUT2D eigenvalue weighted by Gasteiger charge is 2.23. The number of anilines is 1. The molecule has 2 aromatic carbocycles. The van der Waals surface area contributed by atoms with Gasteiger partial charge in [-0.15, -0.1) is 11.6 Å². The normalized spacial score (nSPS) is 13.4. The van der Waals surface area contributed by atoms with Gasteiger partial charge in [0.1, 0.15) is 5.38 Å². The van der Waals surface area contributed by atoms with Gasteiger partial charge in [0.2, 0.25) is 5.91 Å². The third kappa shape index (κ3) is 5.10. The van der Waals surface area contributed by atoms with Crippen LogP contribution in [0.15, 0.2) is 60.7 Å². The maximum absolute atomic E-state index is 12.1. The Kier molecular flexibility index (Phi) is 6.15. The van der Waals surface area contributed by atoms with Gasteiger partial charge in [0.15, 0.2) is 0 Å². The predicted molar refractivity (Wildman–Crippen MR) is 91.9 cm³/mol. The third-order valence-electron chi connectivity index (χ3n) is 3.06. The number of alkyl halides is 1. The summed E-state index contributed by atoms with van der Waals surface area (Å²) in [6, 6.07) is 19.6. The number of amides is 1. The van der Waals surface area contributed by atoms with Gasteiger partial charge in [0, 0.05) is 16.7 Å². The zero-order chi connectivity index (χ0) is 15.1. The second-order valence-electron chi connectivity index (χ2n) is 4.76. The van der Waals surface area contributed by atoms with E-state index < -0.39 is 5.38 Å². The van der Waals surface area contributed by atoms with E-state index in [4.69, 9.17) is 11.6 Å². The maximum atomic E-state index is 12.1. The number of carbonyl (C=O) groups excluding carboxylic acids is 1. The van der Waals surface area contributed by atoms with Crippen molar-refractivity contribution in [1.82, 2.24) is 0 Å². The minimum Gasteiger partial charge on any atom is -0.325 e. The van der Waals surface area contributed by atoms with Crippen molar-refractivity contribution in [3.8, 4) is 0 Å². The molecule has 2 rings (SSSR count). The van der Waals surface area contributed by atoms with Crippen LogP contribution in [0.4, 0.5) is 5.69 Å². The summed E-state index contributed by atoms with van der Waals surface area (Å²) in [6.07, 6.45) is 0. The first kappa shape index (κ1) is 15.9. The lowest BCUT2D eigenvalue weighted by atomic mass is 10.2. The van der Waals surface area contributed by atoms with E-state index in [0.717, 1.165) is 11.4 Å². The van der Waals surface area contributed by atoms with Gasteiger partial charge in [-0.05, 0) is 17.7 Å². The fraction of sp³-hybridized carbons (Fsp3) is 0.235. The van der Waals surface area contributed by atoms with Gasteiger partial charge in [0.25, 0.3) is 0 Å². The Labute approximate surface area is 134 Å². The molecule has 21 heavy (non-hydrogen) atoms. The van der Waals surface area contributed by atoms with Crippen molar-refractivity contribution in [2.75, 3.05) is 5.32 Å². The minimum atomic E-state index is -0.557. The molecule has 0 saturated heterocycles.